The first-order valence-electron chi connectivity index (χ1n) is 12.2. The molecule has 2 fully saturated rings. The molecule has 2 atom stereocenters. The second kappa shape index (κ2) is 9.67. The van der Waals surface area contributed by atoms with E-state index in [1.807, 2.05) is 5.01 Å². The van der Waals surface area contributed by atoms with Crippen molar-refractivity contribution in [2.75, 3.05) is 38.3 Å². The van der Waals surface area contributed by atoms with Crippen LogP contribution >= 0.6 is 11.8 Å². The first-order valence-corrected chi connectivity index (χ1v) is 13.1. The van der Waals surface area contributed by atoms with E-state index in [2.05, 4.69) is 0 Å². The Balaban J connectivity index is 1.42. The van der Waals surface area contributed by atoms with Crippen LogP contribution in [-0.2, 0) is 11.2 Å². The average molecular weight is 561 g/mol. The number of rotatable bonds is 4. The summed E-state index contributed by atoms with van der Waals surface area (Å²) < 4.78 is 33.7. The molecule has 2 unspecified atom stereocenters. The van der Waals surface area contributed by atoms with Crippen molar-refractivity contribution >= 4 is 33.8 Å². The van der Waals surface area contributed by atoms with Crippen LogP contribution in [0.5, 0.6) is 5.75 Å². The fourth-order valence-corrected chi connectivity index (χ4v) is 6.33. The summed E-state index contributed by atoms with van der Waals surface area (Å²) in [6, 6.07) is 2.98. The van der Waals surface area contributed by atoms with Gasteiger partial charge in [-0.1, -0.05) is 17.8 Å². The number of likely N-dealkylation sites (tertiary alicyclic amines) is 1. The lowest BCUT2D eigenvalue weighted by atomic mass is 9.75. The van der Waals surface area contributed by atoms with Gasteiger partial charge in [0.1, 0.15) is 22.3 Å². The van der Waals surface area contributed by atoms with E-state index in [-0.39, 0.29) is 45.9 Å². The molecule has 0 aliphatic carbocycles. The van der Waals surface area contributed by atoms with Gasteiger partial charge >= 0.3 is 6.09 Å². The largest absolute Gasteiger partial charge is 0.502 e. The fraction of sp³-hybridized carbons (Fsp3) is 0.400. The highest BCUT2D eigenvalue weighted by Gasteiger charge is 2.63. The van der Waals surface area contributed by atoms with Crippen LogP contribution in [-0.4, -0.2) is 80.6 Å². The zero-order valence-electron chi connectivity index (χ0n) is 21.2. The topological polar surface area (TPSA) is 143 Å². The van der Waals surface area contributed by atoms with Gasteiger partial charge in [-0.15, -0.1) is 0 Å². The van der Waals surface area contributed by atoms with Crippen LogP contribution in [0.2, 0.25) is 0 Å². The number of nitrogens with zero attached hydrogens (tertiary/aromatic N) is 4. The van der Waals surface area contributed by atoms with E-state index in [1.54, 1.807) is 18.9 Å². The Labute approximate surface area is 225 Å². The molecule has 39 heavy (non-hydrogen) atoms. The fourth-order valence-electron chi connectivity index (χ4n) is 5.60. The zero-order valence-corrected chi connectivity index (χ0v) is 22.0. The molecule has 0 radical (unpaired) electrons. The van der Waals surface area contributed by atoms with Crippen molar-refractivity contribution in [1.82, 2.24) is 14.5 Å². The van der Waals surface area contributed by atoms with Gasteiger partial charge in [0.25, 0.3) is 5.91 Å². The van der Waals surface area contributed by atoms with Crippen molar-refractivity contribution in [3.8, 4) is 5.75 Å². The molecule has 206 valence electrons. The summed E-state index contributed by atoms with van der Waals surface area (Å²) >= 11 is 0.594. The van der Waals surface area contributed by atoms with Crippen LogP contribution in [0, 0.1) is 28.4 Å². The predicted molar refractivity (Wildman–Crippen MR) is 139 cm³/mol. The van der Waals surface area contributed by atoms with Crippen molar-refractivity contribution in [2.45, 2.75) is 25.4 Å². The second-order valence-corrected chi connectivity index (χ2v) is 10.7. The van der Waals surface area contributed by atoms with E-state index in [0.717, 1.165) is 6.07 Å². The minimum absolute atomic E-state index is 0.0584. The predicted octanol–water partition coefficient (Wildman–Crippen LogP) is 2.32. The number of hydrogen-bond acceptors (Lipinski definition) is 9. The smallest absolute Gasteiger partial charge is 0.409 e. The monoisotopic (exact) mass is 560 g/mol. The van der Waals surface area contributed by atoms with Crippen LogP contribution in [0.15, 0.2) is 29.2 Å². The minimum atomic E-state index is -0.939. The number of pyridine rings is 1. The summed E-state index contributed by atoms with van der Waals surface area (Å²) in [6.07, 6.45) is 1.06. The number of hydrogen-bond donors (Lipinski definition) is 3. The van der Waals surface area contributed by atoms with E-state index < -0.39 is 40.5 Å². The Hall–Kier alpha value is -3.94. The molecule has 0 saturated carbocycles. The number of fused-ring (bicyclic) bond motifs is 2. The van der Waals surface area contributed by atoms with Crippen molar-refractivity contribution in [3.05, 3.63) is 63.1 Å². The van der Waals surface area contributed by atoms with Gasteiger partial charge in [-0.2, -0.15) is 0 Å². The number of aromatic hydroxyl groups is 1. The van der Waals surface area contributed by atoms with Crippen LogP contribution < -0.4 is 10.4 Å². The number of benzene rings is 1. The average Bonchev–Trinajstić information content (AvgIpc) is 2.87. The van der Waals surface area contributed by atoms with Crippen LogP contribution in [0.1, 0.15) is 35.0 Å². The van der Waals surface area contributed by atoms with E-state index in [0.29, 0.717) is 43.9 Å². The number of carbonyl (C=O) groups excluding carboxylic acids is 2. The van der Waals surface area contributed by atoms with Crippen molar-refractivity contribution in [2.24, 2.45) is 5.92 Å². The third-order valence-corrected chi connectivity index (χ3v) is 8.37. The third kappa shape index (κ3) is 4.13. The Kier molecular flexibility index (Phi) is 6.61. The van der Waals surface area contributed by atoms with Gasteiger partial charge in [-0.3, -0.25) is 30.1 Å². The number of aromatic nitrogens is 1. The molecule has 3 aliphatic heterocycles. The highest BCUT2D eigenvalue weighted by molar-refractivity contribution is 8.26. The molecule has 1 spiro atoms. The third-order valence-electron chi connectivity index (χ3n) is 7.56. The second-order valence-electron chi connectivity index (χ2n) is 9.60. The first-order chi connectivity index (χ1) is 18.5. The molecule has 14 heteroatoms. The van der Waals surface area contributed by atoms with Gasteiger partial charge in [0, 0.05) is 57.7 Å². The lowest BCUT2D eigenvalue weighted by molar-refractivity contribution is -0.0777. The number of carbonyl (C=O) groups is 2. The Morgan fingerprint density at radius 3 is 2.67 bits per heavy atom. The Bertz CT molecular complexity index is 1480. The highest BCUT2D eigenvalue weighted by atomic mass is 32.2. The molecule has 2 aromatic rings. The maximum Gasteiger partial charge on any atom is 0.409 e. The summed E-state index contributed by atoms with van der Waals surface area (Å²) in [5.74, 6) is -3.07. The number of halogens is 2. The van der Waals surface area contributed by atoms with Crippen molar-refractivity contribution in [1.29, 1.82) is 10.8 Å². The molecule has 1 aromatic carbocycles. The van der Waals surface area contributed by atoms with Gasteiger partial charge in [0.05, 0.1) is 17.2 Å². The van der Waals surface area contributed by atoms with E-state index in [4.69, 9.17) is 15.6 Å². The highest BCUT2D eigenvalue weighted by Crippen LogP contribution is 2.47. The number of nitrogens with one attached hydrogen (secondary N) is 2. The van der Waals surface area contributed by atoms with Gasteiger partial charge in [-0.25, -0.2) is 13.6 Å². The molecule has 1 aromatic heterocycles. The normalized spacial score (nSPS) is 21.5. The number of amides is 2. The van der Waals surface area contributed by atoms with Gasteiger partial charge in [0.2, 0.25) is 5.43 Å². The van der Waals surface area contributed by atoms with Crippen molar-refractivity contribution < 1.29 is 28.2 Å². The van der Waals surface area contributed by atoms with Gasteiger partial charge in [-0.05, 0) is 18.6 Å². The van der Waals surface area contributed by atoms with Crippen molar-refractivity contribution in [3.63, 3.8) is 0 Å². The molecule has 0 bridgehead atoms. The van der Waals surface area contributed by atoms with Gasteiger partial charge < -0.3 is 19.6 Å². The summed E-state index contributed by atoms with van der Waals surface area (Å²) in [5.41, 5.74) is -2.14. The molecule has 3 N–H and O–H groups in total. The number of thioether (sulfide) groups is 1. The lowest BCUT2D eigenvalue weighted by Gasteiger charge is -2.68. The van der Waals surface area contributed by atoms with Crippen LogP contribution in [0.4, 0.5) is 13.6 Å². The summed E-state index contributed by atoms with van der Waals surface area (Å²) in [6.45, 7) is 3.08. The van der Waals surface area contributed by atoms with Crippen LogP contribution in [0.25, 0.3) is 0 Å². The van der Waals surface area contributed by atoms with Gasteiger partial charge in [0.15, 0.2) is 11.4 Å². The molecule has 3 aliphatic rings. The SMILES string of the molecule is CCOC(=O)N1CCC23C(C1)CN2n1cc(C(=N)SC(=N)Cc2ccc(F)cc2F)c(=O)c(O)c1C(=O)N3C. The summed E-state index contributed by atoms with van der Waals surface area (Å²) in [4.78, 5) is 41.7. The number of piperidine rings is 1. The maximum absolute atomic E-state index is 14.0. The Morgan fingerprint density at radius 1 is 1.26 bits per heavy atom. The minimum Gasteiger partial charge on any atom is -0.502 e. The summed E-state index contributed by atoms with van der Waals surface area (Å²) in [5, 5.41) is 28.7. The lowest BCUT2D eigenvalue weighted by Crippen LogP contribution is -2.84. The zero-order chi connectivity index (χ0) is 28.2. The molecular formula is C25H26F2N6O5S. The molecule has 11 nitrogen and oxygen atoms in total. The first kappa shape index (κ1) is 26.7. The van der Waals surface area contributed by atoms with E-state index in [9.17, 15) is 28.3 Å². The molecule has 2 amide bonds. The number of ether oxygens (including phenoxy) is 1. The summed E-state index contributed by atoms with van der Waals surface area (Å²) in [7, 11) is 1.59. The quantitative estimate of drug-likeness (QED) is 0.385. The molecule has 2 saturated heterocycles. The molecule has 5 rings (SSSR count). The van der Waals surface area contributed by atoms with E-state index >= 15 is 0 Å². The molecular weight excluding hydrogens is 534 g/mol. The standard InChI is InChI=1S/C25H26F2N6O5S/c1-3-38-24(37)31-7-6-25-14(10-31)11-33(25)32-12-16(20(34)21(35)19(32)23(36)30(25)2)22(29)39-18(28)8-13-4-5-15(26)9-17(13)27/h4-5,9,12,14,28-29,35H,3,6-8,10-11H2,1-2H3. The van der Waals surface area contributed by atoms with Crippen LogP contribution in [0.3, 0.4) is 0 Å². The molecule has 4 heterocycles. The Morgan fingerprint density at radius 2 is 2.00 bits per heavy atom. The maximum atomic E-state index is 14.0. The van der Waals surface area contributed by atoms with E-state index in [1.165, 1.54) is 21.8 Å².